The zero-order valence-electron chi connectivity index (χ0n) is 23.3. The average molecular weight is 543 g/mol. The number of Topliss-reactive ketones (excluding diaryl/α,β-unsaturated/α-hetero) is 1. The van der Waals surface area contributed by atoms with Crippen LogP contribution in [0.4, 0.5) is 0 Å². The Balaban J connectivity index is 1.93. The van der Waals surface area contributed by atoms with E-state index in [0.717, 1.165) is 12.8 Å². The van der Waals surface area contributed by atoms with Crippen molar-refractivity contribution in [2.45, 2.75) is 129 Å². The normalized spacial score (nSPS) is 46.5. The largest absolute Gasteiger partial charge is 0.458 e. The van der Waals surface area contributed by atoms with Gasteiger partial charge in [0.05, 0.1) is 23.7 Å². The van der Waals surface area contributed by atoms with Crippen molar-refractivity contribution in [3.05, 3.63) is 0 Å². The van der Waals surface area contributed by atoms with Gasteiger partial charge in [0, 0.05) is 24.7 Å². The van der Waals surface area contributed by atoms with E-state index < -0.39 is 65.1 Å². The van der Waals surface area contributed by atoms with E-state index in [0.29, 0.717) is 18.8 Å². The van der Waals surface area contributed by atoms with Crippen LogP contribution in [-0.4, -0.2) is 64.4 Å². The summed E-state index contributed by atoms with van der Waals surface area (Å²) in [6.07, 6.45) is 0.410. The van der Waals surface area contributed by atoms with Crippen molar-refractivity contribution in [1.29, 1.82) is 0 Å². The molecule has 0 aromatic rings. The zero-order chi connectivity index (χ0) is 27.7. The summed E-state index contributed by atoms with van der Waals surface area (Å²) in [7, 11) is 0. The summed E-state index contributed by atoms with van der Waals surface area (Å²) < 4.78 is 24.1. The van der Waals surface area contributed by atoms with Gasteiger partial charge in [-0.05, 0) is 58.3 Å². The van der Waals surface area contributed by atoms with Gasteiger partial charge in [-0.1, -0.05) is 27.7 Å². The lowest BCUT2D eigenvalue weighted by Gasteiger charge is -2.39. The fraction of sp³-hybridized carbons (Fsp3) is 0.893. The lowest BCUT2D eigenvalue weighted by molar-refractivity contribution is -0.240. The van der Waals surface area contributed by atoms with Crippen LogP contribution < -0.4 is 0 Å². The van der Waals surface area contributed by atoms with Gasteiger partial charge in [0.15, 0.2) is 6.29 Å². The molecule has 7 unspecified atom stereocenters. The average Bonchev–Trinajstić information content (AvgIpc) is 3.10. The number of carbonyl (C=O) groups excluding carboxylic acids is 3. The van der Waals surface area contributed by atoms with Crippen molar-refractivity contribution in [2.75, 3.05) is 0 Å². The van der Waals surface area contributed by atoms with Crippen LogP contribution in [0.1, 0.15) is 87.0 Å². The second kappa shape index (κ2) is 12.3. The molecule has 3 aliphatic heterocycles. The van der Waals surface area contributed by atoms with Gasteiger partial charge in [-0.15, -0.1) is 0 Å². The predicted octanol–water partition coefficient (Wildman–Crippen LogP) is 4.11. The molecule has 0 spiro atoms. The van der Waals surface area contributed by atoms with E-state index in [-0.39, 0.29) is 30.6 Å². The highest BCUT2D eigenvalue weighted by Crippen LogP contribution is 2.39. The molecule has 3 saturated heterocycles. The van der Waals surface area contributed by atoms with E-state index in [1.54, 1.807) is 20.8 Å². The van der Waals surface area contributed by atoms with E-state index >= 15 is 0 Å². The molecule has 3 rings (SSSR count). The molecule has 0 bridgehead atoms. The fourth-order valence-electron chi connectivity index (χ4n) is 6.39. The van der Waals surface area contributed by atoms with Crippen LogP contribution in [0.25, 0.3) is 0 Å². The molecule has 0 aromatic heterocycles. The summed E-state index contributed by atoms with van der Waals surface area (Å²) in [6.45, 7) is 13.2. The molecular weight excluding hydrogens is 496 g/mol. The van der Waals surface area contributed by atoms with Crippen LogP contribution >= 0.6 is 12.6 Å². The number of thiol groups is 1. The number of aliphatic hydroxyl groups is 1. The number of rotatable bonds is 3. The first-order chi connectivity index (χ1) is 17.2. The van der Waals surface area contributed by atoms with E-state index in [9.17, 15) is 19.5 Å². The van der Waals surface area contributed by atoms with E-state index in [1.165, 1.54) is 0 Å². The standard InChI is InChI=1S/C28H46O8S/c1-8-20-24-22(25(37)27(31)36-24)17(5)19(29)9-10-28(7,32)13-15(3)23(18(6)26(30)34-20)35-21-12-14(2)11-16(4)33-21/h14-18,20-25,32,37H,8-13H2,1-7H3/t14?,15-,16?,17?,18?,20-,21+,22?,23+,24?,25?,28-/m1/s1. The SMILES string of the molecule is CC[C@H]1OC(=O)C(C)[C@@H](O[C@H]2CC(C)CC(C)O2)[C@H](C)C[C@](C)(O)CCC(=O)C(C)C2C(S)C(=O)OC21. The summed E-state index contributed by atoms with van der Waals surface area (Å²) in [5, 5.41) is 10.4. The number of esters is 2. The molecule has 3 fully saturated rings. The van der Waals surface area contributed by atoms with Crippen molar-refractivity contribution >= 4 is 30.4 Å². The highest BCUT2D eigenvalue weighted by molar-refractivity contribution is 7.81. The third-order valence-electron chi connectivity index (χ3n) is 8.48. The molecule has 3 heterocycles. The number of carbonyl (C=O) groups is 3. The first-order valence-electron chi connectivity index (χ1n) is 13.9. The fourth-order valence-corrected chi connectivity index (χ4v) is 6.88. The molecule has 9 heteroatoms. The summed E-state index contributed by atoms with van der Waals surface area (Å²) in [5.74, 6) is -2.56. The topological polar surface area (TPSA) is 108 Å². The Morgan fingerprint density at radius 1 is 1.03 bits per heavy atom. The molecule has 0 amide bonds. The number of ether oxygens (including phenoxy) is 4. The maximum atomic E-state index is 13.5. The molecule has 0 aliphatic carbocycles. The van der Waals surface area contributed by atoms with Crippen molar-refractivity contribution in [2.24, 2.45) is 29.6 Å². The minimum absolute atomic E-state index is 0.0496. The molecule has 212 valence electrons. The van der Waals surface area contributed by atoms with Gasteiger partial charge in [0.1, 0.15) is 23.2 Å². The first kappa shape index (κ1) is 30.4. The number of ketones is 1. The molecule has 3 aliphatic rings. The summed E-state index contributed by atoms with van der Waals surface area (Å²) in [5.41, 5.74) is -1.15. The van der Waals surface area contributed by atoms with Gasteiger partial charge in [0.25, 0.3) is 0 Å². The van der Waals surface area contributed by atoms with Crippen molar-refractivity contribution < 1.29 is 38.4 Å². The van der Waals surface area contributed by atoms with Gasteiger partial charge in [-0.2, -0.15) is 12.6 Å². The first-order valence-corrected chi connectivity index (χ1v) is 14.4. The summed E-state index contributed by atoms with van der Waals surface area (Å²) in [4.78, 5) is 39.2. The Kier molecular flexibility index (Phi) is 10.1. The molecule has 8 nitrogen and oxygen atoms in total. The van der Waals surface area contributed by atoms with Crippen LogP contribution in [0.2, 0.25) is 0 Å². The lowest BCUT2D eigenvalue weighted by Crippen LogP contribution is -2.46. The Labute approximate surface area is 226 Å². The van der Waals surface area contributed by atoms with Gasteiger partial charge >= 0.3 is 11.9 Å². The maximum Gasteiger partial charge on any atom is 0.319 e. The molecule has 0 saturated carbocycles. The van der Waals surface area contributed by atoms with Crippen molar-refractivity contribution in [3.63, 3.8) is 0 Å². The smallest absolute Gasteiger partial charge is 0.319 e. The van der Waals surface area contributed by atoms with Gasteiger partial charge in [0.2, 0.25) is 0 Å². The highest BCUT2D eigenvalue weighted by Gasteiger charge is 2.52. The Morgan fingerprint density at radius 3 is 2.32 bits per heavy atom. The van der Waals surface area contributed by atoms with E-state index in [4.69, 9.17) is 18.9 Å². The monoisotopic (exact) mass is 542 g/mol. The van der Waals surface area contributed by atoms with Crippen LogP contribution in [0.15, 0.2) is 0 Å². The molecular formula is C28H46O8S. The maximum absolute atomic E-state index is 13.5. The third-order valence-corrected chi connectivity index (χ3v) is 9.03. The highest BCUT2D eigenvalue weighted by atomic mass is 32.1. The Morgan fingerprint density at radius 2 is 1.70 bits per heavy atom. The Bertz CT molecular complexity index is 821. The van der Waals surface area contributed by atoms with Crippen LogP contribution in [-0.2, 0) is 33.3 Å². The Hall–Kier alpha value is -1.16. The summed E-state index contributed by atoms with van der Waals surface area (Å²) in [6, 6.07) is 0. The number of cyclic esters (lactones) is 1. The quantitative estimate of drug-likeness (QED) is 0.405. The van der Waals surface area contributed by atoms with Gasteiger partial charge < -0.3 is 24.1 Å². The number of hydrogen-bond acceptors (Lipinski definition) is 9. The number of hydrogen-bond donors (Lipinski definition) is 2. The lowest BCUT2D eigenvalue weighted by atomic mass is 9.78. The number of fused-ring (bicyclic) bond motifs is 1. The second-order valence-electron chi connectivity index (χ2n) is 12.1. The molecule has 0 aromatic carbocycles. The van der Waals surface area contributed by atoms with E-state index in [2.05, 4.69) is 19.6 Å². The molecule has 0 radical (unpaired) electrons. The predicted molar refractivity (Wildman–Crippen MR) is 141 cm³/mol. The molecule has 37 heavy (non-hydrogen) atoms. The third kappa shape index (κ3) is 7.28. The van der Waals surface area contributed by atoms with Gasteiger partial charge in [-0.3, -0.25) is 14.4 Å². The minimum atomic E-state index is -1.15. The zero-order valence-corrected chi connectivity index (χ0v) is 24.2. The molecule has 1 N–H and O–H groups in total. The van der Waals surface area contributed by atoms with Crippen LogP contribution in [0.5, 0.6) is 0 Å². The van der Waals surface area contributed by atoms with E-state index in [1.807, 2.05) is 20.8 Å². The minimum Gasteiger partial charge on any atom is -0.458 e. The van der Waals surface area contributed by atoms with Crippen LogP contribution in [0.3, 0.4) is 0 Å². The van der Waals surface area contributed by atoms with Crippen LogP contribution in [0, 0.1) is 29.6 Å². The van der Waals surface area contributed by atoms with Crippen molar-refractivity contribution in [1.82, 2.24) is 0 Å². The second-order valence-corrected chi connectivity index (χ2v) is 12.6. The van der Waals surface area contributed by atoms with Gasteiger partial charge in [-0.25, -0.2) is 0 Å². The van der Waals surface area contributed by atoms with Crippen molar-refractivity contribution in [3.8, 4) is 0 Å². The molecule has 12 atom stereocenters. The summed E-state index contributed by atoms with van der Waals surface area (Å²) >= 11 is 4.46.